The summed E-state index contributed by atoms with van der Waals surface area (Å²) >= 11 is 0. The molecule has 2 saturated carbocycles. The van der Waals surface area contributed by atoms with Crippen molar-refractivity contribution in [2.75, 3.05) is 18.6 Å². The highest BCUT2D eigenvalue weighted by atomic mass is 33.1. The van der Waals surface area contributed by atoms with Crippen LogP contribution in [0, 0.1) is 16.7 Å². The van der Waals surface area contributed by atoms with E-state index in [-0.39, 0.29) is 46.5 Å². The van der Waals surface area contributed by atoms with Gasteiger partial charge in [0.15, 0.2) is 31.9 Å². The number of fused-ring (bicyclic) bond motifs is 5. The number of ketones is 1. The summed E-state index contributed by atoms with van der Waals surface area (Å²) in [5.41, 5.74) is -7.18. The van der Waals surface area contributed by atoms with Crippen molar-refractivity contribution in [3.63, 3.8) is 0 Å². The maximum atomic E-state index is 16.9. The standard InChI is InChI=1S/C59H93NO15S2Si2/c1-21-78(22-2,23-3)74-43-30-44-58(33-68-44,72-39(13)61)49-51(71-52(64)40-27-25-24-26-28-40)59(67)31-42(38(12)46(56(59,17)18)48(50(63)57(43,49)19)70-45(62)32-77-76-20)69-53(65)47(75-79(35(6)7,36(8)9)37(10)11)41(29-34(4)5)60-54(66)73-55(14,15)16/h24-29,35-37,41-44,47-49,51,67H,21-23,30-33H2,1-20H3,(H,60,66)/t41-,42-,43-,44+,47+,48+,49-,51-,57+,58-,59+/m0/s1. The van der Waals surface area contributed by atoms with Crippen molar-refractivity contribution in [2.45, 2.75) is 239 Å². The molecule has 3 aliphatic carbocycles. The summed E-state index contributed by atoms with van der Waals surface area (Å²) in [4.78, 5) is 89.6. The monoisotopic (exact) mass is 1180 g/mol. The van der Waals surface area contributed by atoms with Gasteiger partial charge in [-0.3, -0.25) is 14.4 Å². The number of aliphatic hydroxyl groups is 1. The lowest BCUT2D eigenvalue weighted by Crippen LogP contribution is -2.82. The molecular formula is C59H93NO15S2Si2. The number of carbonyl (C=O) groups excluding carboxylic acids is 6. The summed E-state index contributed by atoms with van der Waals surface area (Å²) in [6.07, 6.45) is -5.87. The Balaban J connectivity index is 1.92. The topological polar surface area (TPSA) is 209 Å². The van der Waals surface area contributed by atoms with E-state index in [0.717, 1.165) is 5.57 Å². The third-order valence-electron chi connectivity index (χ3n) is 17.8. The number of carbonyl (C=O) groups is 6. The number of benzene rings is 1. The fourth-order valence-electron chi connectivity index (χ4n) is 13.7. The number of hydrogen-bond donors (Lipinski definition) is 2. The molecular weight excluding hydrogens is 1080 g/mol. The minimum atomic E-state index is -3.03. The summed E-state index contributed by atoms with van der Waals surface area (Å²) in [6, 6.07) is 9.19. The van der Waals surface area contributed by atoms with Crippen LogP contribution in [0.15, 0.2) is 53.1 Å². The van der Waals surface area contributed by atoms with Gasteiger partial charge in [-0.25, -0.2) is 14.4 Å². The van der Waals surface area contributed by atoms with Crippen molar-refractivity contribution in [2.24, 2.45) is 16.7 Å². The van der Waals surface area contributed by atoms with E-state index in [9.17, 15) is 19.5 Å². The molecule has 0 spiro atoms. The van der Waals surface area contributed by atoms with Gasteiger partial charge in [-0.05, 0) is 113 Å². The van der Waals surface area contributed by atoms with E-state index in [4.69, 9.17) is 37.3 Å². The van der Waals surface area contributed by atoms with Crippen molar-refractivity contribution in [1.29, 1.82) is 0 Å². The molecule has 1 aromatic rings. The molecule has 1 saturated heterocycles. The maximum Gasteiger partial charge on any atom is 0.408 e. The molecule has 16 nitrogen and oxygen atoms in total. The Morgan fingerprint density at radius 3 is 1.96 bits per heavy atom. The van der Waals surface area contributed by atoms with Crippen LogP contribution in [0.1, 0.15) is 155 Å². The Kier molecular flexibility index (Phi) is 21.4. The molecule has 0 aromatic heterocycles. The minimum Gasteiger partial charge on any atom is -0.456 e. The molecule has 0 radical (unpaired) electrons. The number of Topliss-reactive ketones (excluding diaryl/α,β-unsaturated/α-hetero) is 1. The first kappa shape index (κ1) is 66.3. The van der Waals surface area contributed by atoms with Gasteiger partial charge >= 0.3 is 30.0 Å². The Morgan fingerprint density at radius 1 is 0.899 bits per heavy atom. The summed E-state index contributed by atoms with van der Waals surface area (Å²) in [5, 5.41) is 17.5. The Labute approximate surface area is 480 Å². The van der Waals surface area contributed by atoms with Gasteiger partial charge in [-0.2, -0.15) is 0 Å². The van der Waals surface area contributed by atoms with Crippen molar-refractivity contribution >= 4 is 74.0 Å². The summed E-state index contributed by atoms with van der Waals surface area (Å²) in [5.74, 6) is -5.36. The first-order chi connectivity index (χ1) is 36.6. The number of hydrogen-bond acceptors (Lipinski definition) is 17. The number of amides is 1. The van der Waals surface area contributed by atoms with E-state index in [1.54, 1.807) is 84.9 Å². The number of allylic oxidation sites excluding steroid dienone is 1. The van der Waals surface area contributed by atoms with E-state index >= 15 is 14.4 Å². The lowest BCUT2D eigenvalue weighted by atomic mass is 9.44. The number of nitrogens with one attached hydrogen (secondary N) is 1. The Morgan fingerprint density at radius 2 is 1.48 bits per heavy atom. The summed E-state index contributed by atoms with van der Waals surface area (Å²) in [6.45, 7) is 35.3. The predicted octanol–water partition coefficient (Wildman–Crippen LogP) is 11.6. The highest BCUT2D eigenvalue weighted by Crippen LogP contribution is 2.65. The highest BCUT2D eigenvalue weighted by Gasteiger charge is 2.79. The molecule has 444 valence electrons. The van der Waals surface area contributed by atoms with Crippen molar-refractivity contribution < 1.29 is 71.1 Å². The van der Waals surface area contributed by atoms with E-state index in [2.05, 4.69) is 67.6 Å². The fourth-order valence-corrected chi connectivity index (χ4v) is 23.1. The average molecular weight is 1180 g/mol. The van der Waals surface area contributed by atoms with Crippen LogP contribution in [-0.4, -0.2) is 136 Å². The normalized spacial score (nSPS) is 28.5. The van der Waals surface area contributed by atoms with Crippen LogP contribution in [0.5, 0.6) is 0 Å². The molecule has 11 atom stereocenters. The third kappa shape index (κ3) is 13.0. The number of rotatable bonds is 22. The molecule has 5 rings (SSSR count). The van der Waals surface area contributed by atoms with Crippen molar-refractivity contribution in [3.05, 3.63) is 58.7 Å². The van der Waals surface area contributed by atoms with Gasteiger partial charge < -0.3 is 47.7 Å². The fraction of sp³-hybridized carbons (Fsp3) is 0.729. The van der Waals surface area contributed by atoms with Gasteiger partial charge in [0.25, 0.3) is 0 Å². The van der Waals surface area contributed by atoms with E-state index in [1.807, 2.05) is 20.1 Å². The second-order valence-electron chi connectivity index (χ2n) is 25.1. The quantitative estimate of drug-likeness (QED) is 0.0364. The van der Waals surface area contributed by atoms with Crippen LogP contribution in [-0.2, 0) is 56.5 Å². The number of alkyl carbamates (subject to hydrolysis) is 1. The van der Waals surface area contributed by atoms with E-state index < -0.39 is 135 Å². The summed E-state index contributed by atoms with van der Waals surface area (Å²) < 4.78 is 53.6. The SMILES string of the molecule is CC[Si](CC)(CC)O[C@H]1C[C@H]2OC[C@@]2(OC(C)=O)[C@H]2[C@H](OC(=O)c3ccccc3)[C@]3(O)C[C@H](OC(=O)[C@H](O[Si](C(C)C)(C(C)C)C(C)C)[C@H](C=C(C)C)NC(=O)OC(C)(C)C)C(C)=C([C@@H](OC(=O)CSSC)C(=O)[C@]12C)C3(C)C. The van der Waals surface area contributed by atoms with Crippen LogP contribution in [0.25, 0.3) is 0 Å². The zero-order chi connectivity index (χ0) is 59.6. The zero-order valence-electron chi connectivity index (χ0n) is 50.7. The van der Waals surface area contributed by atoms with Crippen LogP contribution < -0.4 is 5.32 Å². The number of ether oxygens (including phenoxy) is 6. The van der Waals surface area contributed by atoms with Gasteiger partial charge in [-0.15, -0.1) is 0 Å². The van der Waals surface area contributed by atoms with Crippen molar-refractivity contribution in [3.8, 4) is 0 Å². The molecule has 1 amide bonds. The lowest BCUT2D eigenvalue weighted by Gasteiger charge is -2.68. The second kappa shape index (κ2) is 25.5. The maximum absolute atomic E-state index is 16.9. The molecule has 1 aliphatic heterocycles. The molecule has 79 heavy (non-hydrogen) atoms. The molecule has 1 heterocycles. The number of esters is 4. The van der Waals surface area contributed by atoms with Gasteiger partial charge in [0.05, 0.1) is 35.6 Å². The molecule has 2 bridgehead atoms. The zero-order valence-corrected chi connectivity index (χ0v) is 54.4. The average Bonchev–Trinajstić information content (AvgIpc) is 3.05. The van der Waals surface area contributed by atoms with Crippen LogP contribution >= 0.6 is 21.6 Å². The molecule has 2 N–H and O–H groups in total. The molecule has 1 aromatic carbocycles. The van der Waals surface area contributed by atoms with Gasteiger partial charge in [-0.1, -0.05) is 128 Å². The molecule has 20 heteroatoms. The molecule has 0 unspecified atom stereocenters. The van der Waals surface area contributed by atoms with E-state index in [1.165, 1.54) is 28.5 Å². The van der Waals surface area contributed by atoms with E-state index in [0.29, 0.717) is 23.7 Å². The van der Waals surface area contributed by atoms with Gasteiger partial charge in [0.1, 0.15) is 35.3 Å². The van der Waals surface area contributed by atoms with Crippen LogP contribution in [0.4, 0.5) is 4.79 Å². The predicted molar refractivity (Wildman–Crippen MR) is 313 cm³/mol. The third-order valence-corrected chi connectivity index (χ3v) is 30.2. The Hall–Kier alpha value is -3.51. The minimum absolute atomic E-state index is 0.0320. The first-order valence-electron chi connectivity index (χ1n) is 28.2. The molecule has 3 fully saturated rings. The first-order valence-corrected chi connectivity index (χ1v) is 35.6. The smallest absolute Gasteiger partial charge is 0.408 e. The second-order valence-corrected chi connectivity index (χ2v) is 37.8. The highest BCUT2D eigenvalue weighted by molar-refractivity contribution is 8.76. The molecule has 4 aliphatic rings. The lowest BCUT2D eigenvalue weighted by molar-refractivity contribution is -0.344. The largest absolute Gasteiger partial charge is 0.456 e. The van der Waals surface area contributed by atoms with Crippen LogP contribution in [0.2, 0.25) is 34.8 Å². The van der Waals surface area contributed by atoms with Crippen LogP contribution in [0.3, 0.4) is 0 Å². The van der Waals surface area contributed by atoms with Gasteiger partial charge in [0.2, 0.25) is 8.32 Å². The van der Waals surface area contributed by atoms with Gasteiger partial charge in [0, 0.05) is 25.2 Å². The Bertz CT molecular complexity index is 2420. The van der Waals surface area contributed by atoms with Crippen molar-refractivity contribution in [1.82, 2.24) is 5.32 Å². The summed E-state index contributed by atoms with van der Waals surface area (Å²) in [7, 11) is -3.14.